The van der Waals surface area contributed by atoms with Gasteiger partial charge < -0.3 is 14.4 Å². The third-order valence-electron chi connectivity index (χ3n) is 13.3. The average Bonchev–Trinajstić information content (AvgIpc) is 3.31. The number of ketones is 1. The lowest BCUT2D eigenvalue weighted by Gasteiger charge is -2.72. The predicted molar refractivity (Wildman–Crippen MR) is 148 cm³/mol. The molecular formula is C33H47NO5. The molecule has 0 spiro atoms. The number of carbonyl (C=O) groups is 2. The summed E-state index contributed by atoms with van der Waals surface area (Å²) in [6, 6.07) is 0. The van der Waals surface area contributed by atoms with Crippen LogP contribution in [0.4, 0.5) is 0 Å². The smallest absolute Gasteiger partial charge is 0.302 e. The van der Waals surface area contributed by atoms with Gasteiger partial charge in [0.25, 0.3) is 0 Å². The second-order valence-electron chi connectivity index (χ2n) is 16.0. The van der Waals surface area contributed by atoms with E-state index in [-0.39, 0.29) is 51.4 Å². The lowest BCUT2D eigenvalue weighted by Crippen LogP contribution is -2.74. The minimum absolute atomic E-state index is 0.00522. The molecule has 1 aromatic heterocycles. The molecule has 0 radical (unpaired) electrons. The maximum atomic E-state index is 14.6. The zero-order valence-electron chi connectivity index (χ0n) is 25.2. The number of aliphatic hydroxyl groups is 1. The van der Waals surface area contributed by atoms with Crippen molar-refractivity contribution in [3.8, 4) is 0 Å². The van der Waals surface area contributed by atoms with Gasteiger partial charge in [0, 0.05) is 34.7 Å². The van der Waals surface area contributed by atoms with E-state index >= 15 is 0 Å². The molecule has 0 bridgehead atoms. The number of hydrogen-bond donors (Lipinski definition) is 1. The first-order valence-corrected chi connectivity index (χ1v) is 15.0. The van der Waals surface area contributed by atoms with Crippen LogP contribution in [0.2, 0.25) is 0 Å². The molecule has 6 rings (SSSR count). The number of nitrogens with zero attached hydrogens (tertiary/aromatic N) is 1. The molecule has 6 heteroatoms. The molecule has 0 saturated heterocycles. The van der Waals surface area contributed by atoms with Crippen LogP contribution in [0.15, 0.2) is 22.4 Å². The highest BCUT2D eigenvalue weighted by Gasteiger charge is 2.75. The van der Waals surface area contributed by atoms with Crippen molar-refractivity contribution in [2.24, 2.45) is 38.9 Å². The van der Waals surface area contributed by atoms with Gasteiger partial charge in [-0.05, 0) is 79.6 Å². The standard InChI is InChI=1S/C33H47NO5/c1-20(35)38-19-32-13-11-27(2,3)17-24(32)33(37)25(36)15-23-29(6)16-21-18-34-39-26(21)28(4,5)22(29)9-10-30(23,7)31(33,8)12-14-32/h15,18,22,24,37H,9-14,16-17,19H2,1-8H3/t22-,24?,29-,30+,31-,32+,33+/m0/s1. The lowest BCUT2D eigenvalue weighted by atomic mass is 9.32. The van der Waals surface area contributed by atoms with Gasteiger partial charge in [-0.15, -0.1) is 0 Å². The summed E-state index contributed by atoms with van der Waals surface area (Å²) in [6.45, 7) is 17.6. The van der Waals surface area contributed by atoms with E-state index in [0.29, 0.717) is 5.92 Å². The van der Waals surface area contributed by atoms with Crippen LogP contribution < -0.4 is 0 Å². The first kappa shape index (κ1) is 27.2. The Balaban J connectivity index is 1.51. The van der Waals surface area contributed by atoms with Gasteiger partial charge >= 0.3 is 5.97 Å². The van der Waals surface area contributed by atoms with Gasteiger partial charge in [0.1, 0.15) is 11.4 Å². The molecule has 5 aliphatic carbocycles. The number of allylic oxidation sites excluding steroid dienone is 1. The molecule has 3 saturated carbocycles. The summed E-state index contributed by atoms with van der Waals surface area (Å²) < 4.78 is 11.5. The van der Waals surface area contributed by atoms with Crippen LogP contribution in [-0.4, -0.2) is 34.2 Å². The molecule has 214 valence electrons. The monoisotopic (exact) mass is 537 g/mol. The number of aromatic nitrogens is 1. The van der Waals surface area contributed by atoms with Crippen LogP contribution in [-0.2, 0) is 26.2 Å². The van der Waals surface area contributed by atoms with Gasteiger partial charge in [0.2, 0.25) is 0 Å². The molecule has 3 fully saturated rings. The number of rotatable bonds is 2. The summed E-state index contributed by atoms with van der Waals surface area (Å²) in [4.78, 5) is 26.5. The van der Waals surface area contributed by atoms with E-state index in [2.05, 4.69) is 53.6 Å². The highest BCUT2D eigenvalue weighted by atomic mass is 16.5. The normalized spacial score (nSPS) is 45.6. The third-order valence-corrected chi connectivity index (χ3v) is 13.3. The Kier molecular flexibility index (Phi) is 5.49. The minimum atomic E-state index is -1.50. The van der Waals surface area contributed by atoms with Gasteiger partial charge in [-0.1, -0.05) is 59.2 Å². The number of carbonyl (C=O) groups excluding carboxylic acids is 2. The Labute approximate surface area is 233 Å². The van der Waals surface area contributed by atoms with Crippen LogP contribution in [0, 0.1) is 38.9 Å². The molecule has 1 N–H and O–H groups in total. The molecule has 7 atom stereocenters. The summed E-state index contributed by atoms with van der Waals surface area (Å²) in [5, 5.41) is 17.2. The van der Waals surface area contributed by atoms with Gasteiger partial charge in [-0.2, -0.15) is 0 Å². The Morgan fingerprint density at radius 2 is 1.74 bits per heavy atom. The average molecular weight is 538 g/mol. The Hall–Kier alpha value is -1.95. The first-order valence-electron chi connectivity index (χ1n) is 15.0. The van der Waals surface area contributed by atoms with Crippen molar-refractivity contribution in [1.29, 1.82) is 0 Å². The molecule has 0 aliphatic heterocycles. The highest BCUT2D eigenvalue weighted by molar-refractivity contribution is 6.00. The van der Waals surface area contributed by atoms with Crippen molar-refractivity contribution < 1.29 is 24.0 Å². The van der Waals surface area contributed by atoms with Gasteiger partial charge in [0.15, 0.2) is 5.78 Å². The van der Waals surface area contributed by atoms with Gasteiger partial charge in [0.05, 0.1) is 12.8 Å². The molecule has 1 aromatic rings. The fourth-order valence-electron chi connectivity index (χ4n) is 10.9. The van der Waals surface area contributed by atoms with E-state index in [0.717, 1.165) is 62.7 Å². The van der Waals surface area contributed by atoms with Crippen molar-refractivity contribution in [1.82, 2.24) is 5.16 Å². The predicted octanol–water partition coefficient (Wildman–Crippen LogP) is 6.35. The number of ether oxygens (including phenoxy) is 1. The molecule has 1 unspecified atom stereocenters. The molecule has 0 aromatic carbocycles. The molecule has 1 heterocycles. The van der Waals surface area contributed by atoms with Crippen LogP contribution in [0.3, 0.4) is 0 Å². The van der Waals surface area contributed by atoms with E-state index in [9.17, 15) is 14.7 Å². The Bertz CT molecular complexity index is 1270. The van der Waals surface area contributed by atoms with E-state index in [4.69, 9.17) is 9.26 Å². The summed E-state index contributed by atoms with van der Waals surface area (Å²) in [5.74, 6) is 0.607. The van der Waals surface area contributed by atoms with Crippen molar-refractivity contribution in [3.63, 3.8) is 0 Å². The van der Waals surface area contributed by atoms with Crippen LogP contribution in [0.5, 0.6) is 0 Å². The van der Waals surface area contributed by atoms with Crippen molar-refractivity contribution >= 4 is 11.8 Å². The van der Waals surface area contributed by atoms with Gasteiger partial charge in [-0.3, -0.25) is 9.59 Å². The number of fused-ring (bicyclic) bond motifs is 8. The fraction of sp³-hybridized carbons (Fsp3) is 0.788. The molecule has 6 nitrogen and oxygen atoms in total. The maximum Gasteiger partial charge on any atom is 0.302 e. The maximum absolute atomic E-state index is 14.6. The highest BCUT2D eigenvalue weighted by Crippen LogP contribution is 2.75. The second-order valence-corrected chi connectivity index (χ2v) is 16.0. The van der Waals surface area contributed by atoms with E-state index in [1.54, 1.807) is 0 Å². The summed E-state index contributed by atoms with van der Waals surface area (Å²) >= 11 is 0. The third kappa shape index (κ3) is 3.21. The lowest BCUT2D eigenvalue weighted by molar-refractivity contribution is -0.252. The summed E-state index contributed by atoms with van der Waals surface area (Å²) in [6.07, 6.45) is 10.7. The summed E-state index contributed by atoms with van der Waals surface area (Å²) in [7, 11) is 0. The largest absolute Gasteiger partial charge is 0.465 e. The number of hydrogen-bond acceptors (Lipinski definition) is 6. The Morgan fingerprint density at radius 3 is 2.44 bits per heavy atom. The number of esters is 1. The van der Waals surface area contributed by atoms with E-state index in [1.165, 1.54) is 12.5 Å². The fourth-order valence-corrected chi connectivity index (χ4v) is 10.9. The first-order chi connectivity index (χ1) is 18.0. The molecule has 39 heavy (non-hydrogen) atoms. The topological polar surface area (TPSA) is 89.6 Å². The second kappa shape index (κ2) is 7.86. The Morgan fingerprint density at radius 1 is 1.05 bits per heavy atom. The van der Waals surface area contributed by atoms with E-state index < -0.39 is 11.0 Å². The zero-order valence-corrected chi connectivity index (χ0v) is 25.2. The minimum Gasteiger partial charge on any atom is -0.465 e. The van der Waals surface area contributed by atoms with Crippen molar-refractivity contribution in [3.05, 3.63) is 29.2 Å². The van der Waals surface area contributed by atoms with Gasteiger partial charge in [-0.25, -0.2) is 0 Å². The molecule has 0 amide bonds. The van der Waals surface area contributed by atoms with Crippen LogP contribution in [0.1, 0.15) is 112 Å². The SMILES string of the molecule is CC(=O)OC[C@]12CCC(C)(C)CC1[C@@]1(O)C(=O)C=C3[C@@]4(C)Cc5cnoc5C(C)(C)[C@@H]4CC[C@@]3(C)[C@]1(C)CC2. The zero-order chi connectivity index (χ0) is 28.4. The molecule has 5 aliphatic rings. The van der Waals surface area contributed by atoms with Crippen molar-refractivity contribution in [2.75, 3.05) is 6.61 Å². The summed E-state index contributed by atoms with van der Waals surface area (Å²) in [5.41, 5.74) is -0.899. The van der Waals surface area contributed by atoms with Crippen LogP contribution >= 0.6 is 0 Å². The van der Waals surface area contributed by atoms with Crippen LogP contribution in [0.25, 0.3) is 0 Å². The van der Waals surface area contributed by atoms with E-state index in [1.807, 2.05) is 12.3 Å². The van der Waals surface area contributed by atoms with Crippen molar-refractivity contribution in [2.45, 2.75) is 118 Å². The molecular weight excluding hydrogens is 490 g/mol. The quantitative estimate of drug-likeness (QED) is 0.442.